The molecule has 5 heteroatoms. The number of amides is 1. The molecule has 1 aromatic carbocycles. The Balaban J connectivity index is 1.69. The molecule has 5 nitrogen and oxygen atoms in total. The van der Waals surface area contributed by atoms with E-state index in [2.05, 4.69) is 10.3 Å². The Kier molecular flexibility index (Phi) is 4.45. The van der Waals surface area contributed by atoms with E-state index in [1.807, 2.05) is 38.1 Å². The summed E-state index contributed by atoms with van der Waals surface area (Å²) in [5.74, 6) is 0.00746. The molecule has 3 rings (SSSR count). The predicted molar refractivity (Wildman–Crippen MR) is 84.9 cm³/mol. The maximum atomic E-state index is 12.4. The fourth-order valence-electron chi connectivity index (χ4n) is 3.03. The first kappa shape index (κ1) is 15.1. The van der Waals surface area contributed by atoms with Crippen LogP contribution >= 0.6 is 0 Å². The summed E-state index contributed by atoms with van der Waals surface area (Å²) in [5.41, 5.74) is 3.17. The van der Waals surface area contributed by atoms with Crippen LogP contribution in [0.5, 0.6) is 0 Å². The molecular weight excluding hydrogens is 280 g/mol. The van der Waals surface area contributed by atoms with Gasteiger partial charge < -0.3 is 19.8 Å². The van der Waals surface area contributed by atoms with Gasteiger partial charge in [0.2, 0.25) is 5.91 Å². The Morgan fingerprint density at radius 1 is 1.41 bits per heavy atom. The fraction of sp³-hybridized carbons (Fsp3) is 0.471. The van der Waals surface area contributed by atoms with Crippen LogP contribution in [-0.4, -0.2) is 42.9 Å². The molecule has 2 atom stereocenters. The summed E-state index contributed by atoms with van der Waals surface area (Å²) >= 11 is 0. The smallest absolute Gasteiger partial charge is 0.224 e. The number of aryl methyl sites for hydroxylation is 1. The Morgan fingerprint density at radius 3 is 3.05 bits per heavy atom. The van der Waals surface area contributed by atoms with E-state index in [0.717, 1.165) is 22.2 Å². The molecule has 0 saturated carbocycles. The zero-order chi connectivity index (χ0) is 15.5. The SMILES string of the molecule is CCO[C@@H]1COC[C@H]1NC(=O)Cc1c(C)[nH]c2ccccc12. The van der Waals surface area contributed by atoms with Gasteiger partial charge in [0.15, 0.2) is 0 Å². The molecule has 1 saturated heterocycles. The van der Waals surface area contributed by atoms with Crippen LogP contribution in [0.2, 0.25) is 0 Å². The van der Waals surface area contributed by atoms with Crippen LogP contribution < -0.4 is 5.32 Å². The molecule has 0 unspecified atom stereocenters. The number of hydrogen-bond donors (Lipinski definition) is 2. The maximum Gasteiger partial charge on any atom is 0.224 e. The summed E-state index contributed by atoms with van der Waals surface area (Å²) in [7, 11) is 0. The van der Waals surface area contributed by atoms with E-state index in [-0.39, 0.29) is 18.1 Å². The second kappa shape index (κ2) is 6.50. The number of nitrogens with one attached hydrogen (secondary N) is 2. The highest BCUT2D eigenvalue weighted by molar-refractivity contribution is 5.90. The molecule has 0 aliphatic carbocycles. The van der Waals surface area contributed by atoms with Gasteiger partial charge in [-0.3, -0.25) is 4.79 Å². The van der Waals surface area contributed by atoms with E-state index in [4.69, 9.17) is 9.47 Å². The van der Waals surface area contributed by atoms with Crippen LogP contribution in [0.1, 0.15) is 18.2 Å². The lowest BCUT2D eigenvalue weighted by atomic mass is 10.1. The van der Waals surface area contributed by atoms with Crippen molar-refractivity contribution in [3.05, 3.63) is 35.5 Å². The van der Waals surface area contributed by atoms with Gasteiger partial charge in [-0.25, -0.2) is 0 Å². The van der Waals surface area contributed by atoms with Crippen molar-refractivity contribution in [2.45, 2.75) is 32.4 Å². The van der Waals surface area contributed by atoms with Crippen LogP contribution in [0.3, 0.4) is 0 Å². The van der Waals surface area contributed by atoms with Crippen LogP contribution in [0.25, 0.3) is 10.9 Å². The second-order valence-corrected chi connectivity index (χ2v) is 5.66. The highest BCUT2D eigenvalue weighted by Crippen LogP contribution is 2.22. The first-order chi connectivity index (χ1) is 10.7. The summed E-state index contributed by atoms with van der Waals surface area (Å²) in [6, 6.07) is 8.00. The molecule has 2 N–H and O–H groups in total. The van der Waals surface area contributed by atoms with E-state index in [0.29, 0.717) is 26.2 Å². The van der Waals surface area contributed by atoms with Gasteiger partial charge >= 0.3 is 0 Å². The lowest BCUT2D eigenvalue weighted by Gasteiger charge is -2.18. The molecule has 0 radical (unpaired) electrons. The Bertz CT molecular complexity index is 665. The molecule has 118 valence electrons. The summed E-state index contributed by atoms with van der Waals surface area (Å²) in [6.45, 7) is 5.65. The number of aromatic amines is 1. The highest BCUT2D eigenvalue weighted by atomic mass is 16.5. The monoisotopic (exact) mass is 302 g/mol. The number of rotatable bonds is 5. The molecule has 0 spiro atoms. The van der Waals surface area contributed by atoms with E-state index < -0.39 is 0 Å². The van der Waals surface area contributed by atoms with Crippen molar-refractivity contribution >= 4 is 16.8 Å². The van der Waals surface area contributed by atoms with Crippen molar-refractivity contribution < 1.29 is 14.3 Å². The zero-order valence-electron chi connectivity index (χ0n) is 13.0. The molecule has 1 aromatic heterocycles. The topological polar surface area (TPSA) is 63.4 Å². The lowest BCUT2D eigenvalue weighted by molar-refractivity contribution is -0.121. The molecule has 1 aliphatic heterocycles. The summed E-state index contributed by atoms with van der Waals surface area (Å²) < 4.78 is 11.0. The zero-order valence-corrected chi connectivity index (χ0v) is 13.0. The molecular formula is C17H22N2O3. The third-order valence-corrected chi connectivity index (χ3v) is 4.12. The van der Waals surface area contributed by atoms with Crippen molar-refractivity contribution in [3.8, 4) is 0 Å². The molecule has 0 bridgehead atoms. The van der Waals surface area contributed by atoms with Crippen molar-refractivity contribution in [2.24, 2.45) is 0 Å². The van der Waals surface area contributed by atoms with E-state index in [9.17, 15) is 4.79 Å². The van der Waals surface area contributed by atoms with Gasteiger partial charge in [0.1, 0.15) is 6.10 Å². The molecule has 2 heterocycles. The van der Waals surface area contributed by atoms with Crippen molar-refractivity contribution in [1.29, 1.82) is 0 Å². The van der Waals surface area contributed by atoms with Gasteiger partial charge in [-0.15, -0.1) is 0 Å². The molecule has 1 amide bonds. The minimum absolute atomic E-state index is 0.00746. The van der Waals surface area contributed by atoms with Gasteiger partial charge in [-0.2, -0.15) is 0 Å². The molecule has 2 aromatic rings. The van der Waals surface area contributed by atoms with Crippen molar-refractivity contribution in [1.82, 2.24) is 10.3 Å². The highest BCUT2D eigenvalue weighted by Gasteiger charge is 2.30. The van der Waals surface area contributed by atoms with E-state index in [1.54, 1.807) is 0 Å². The van der Waals surface area contributed by atoms with Gasteiger partial charge in [-0.1, -0.05) is 18.2 Å². The van der Waals surface area contributed by atoms with Gasteiger partial charge in [0, 0.05) is 23.2 Å². The minimum atomic E-state index is -0.0574. The van der Waals surface area contributed by atoms with Crippen LogP contribution in [0.15, 0.2) is 24.3 Å². The number of hydrogen-bond acceptors (Lipinski definition) is 3. The van der Waals surface area contributed by atoms with E-state index in [1.165, 1.54) is 0 Å². The summed E-state index contributed by atoms with van der Waals surface area (Å²) in [5, 5.41) is 4.15. The Labute approximate surface area is 130 Å². The molecule has 22 heavy (non-hydrogen) atoms. The number of ether oxygens (including phenoxy) is 2. The first-order valence-corrected chi connectivity index (χ1v) is 7.74. The van der Waals surface area contributed by atoms with E-state index >= 15 is 0 Å². The molecule has 1 fully saturated rings. The average Bonchev–Trinajstić information content (AvgIpc) is 3.05. The number of fused-ring (bicyclic) bond motifs is 1. The van der Waals surface area contributed by atoms with Crippen molar-refractivity contribution in [3.63, 3.8) is 0 Å². The van der Waals surface area contributed by atoms with Gasteiger partial charge in [-0.05, 0) is 25.5 Å². The lowest BCUT2D eigenvalue weighted by Crippen LogP contribution is -2.44. The first-order valence-electron chi connectivity index (χ1n) is 7.74. The Morgan fingerprint density at radius 2 is 2.23 bits per heavy atom. The normalized spacial score (nSPS) is 21.4. The Hall–Kier alpha value is -1.85. The van der Waals surface area contributed by atoms with Crippen LogP contribution in [-0.2, 0) is 20.7 Å². The maximum absolute atomic E-state index is 12.4. The third kappa shape index (κ3) is 3.00. The van der Waals surface area contributed by atoms with Crippen LogP contribution in [0, 0.1) is 6.92 Å². The summed E-state index contributed by atoms with van der Waals surface area (Å²) in [6.07, 6.45) is 0.323. The number of carbonyl (C=O) groups is 1. The van der Waals surface area contributed by atoms with Crippen molar-refractivity contribution in [2.75, 3.05) is 19.8 Å². The number of carbonyl (C=O) groups excluding carboxylic acids is 1. The second-order valence-electron chi connectivity index (χ2n) is 5.66. The number of para-hydroxylation sites is 1. The standard InChI is InChI=1S/C17H22N2O3/c1-3-22-16-10-21-9-15(16)19-17(20)8-13-11(2)18-14-7-5-4-6-12(13)14/h4-7,15-16,18H,3,8-10H2,1-2H3,(H,19,20)/t15-,16-/m1/s1. The summed E-state index contributed by atoms with van der Waals surface area (Å²) in [4.78, 5) is 15.7. The third-order valence-electron chi connectivity index (χ3n) is 4.12. The average molecular weight is 302 g/mol. The van der Waals surface area contributed by atoms with Gasteiger partial charge in [0.25, 0.3) is 0 Å². The minimum Gasteiger partial charge on any atom is -0.376 e. The quantitative estimate of drug-likeness (QED) is 0.887. The predicted octanol–water partition coefficient (Wildman–Crippen LogP) is 1.94. The number of H-pyrrole nitrogens is 1. The fourth-order valence-corrected chi connectivity index (χ4v) is 3.03. The van der Waals surface area contributed by atoms with Gasteiger partial charge in [0.05, 0.1) is 25.7 Å². The largest absolute Gasteiger partial charge is 0.376 e. The molecule has 1 aliphatic rings. The number of benzene rings is 1. The number of aromatic nitrogens is 1. The van der Waals surface area contributed by atoms with Crippen LogP contribution in [0.4, 0.5) is 0 Å².